The highest BCUT2D eigenvalue weighted by Gasteiger charge is 2.41. The van der Waals surface area contributed by atoms with E-state index < -0.39 is 10.0 Å². The lowest BCUT2D eigenvalue weighted by atomic mass is 10.1. The molecule has 1 N–H and O–H groups in total. The van der Waals surface area contributed by atoms with Crippen LogP contribution in [0.25, 0.3) is 11.0 Å². The topological polar surface area (TPSA) is 80.1 Å². The van der Waals surface area contributed by atoms with Gasteiger partial charge in [0.05, 0.1) is 10.8 Å². The highest BCUT2D eigenvalue weighted by molar-refractivity contribution is 7.90. The van der Waals surface area contributed by atoms with Crippen molar-refractivity contribution in [2.75, 3.05) is 13.1 Å². The Kier molecular flexibility index (Phi) is 4.06. The molecule has 0 radical (unpaired) electrons. The third kappa shape index (κ3) is 3.05. The van der Waals surface area contributed by atoms with Crippen LogP contribution in [0.3, 0.4) is 0 Å². The molecule has 0 amide bonds. The molecule has 8 heteroatoms. The highest BCUT2D eigenvalue weighted by atomic mass is 32.2. The number of sulfonamides is 1. The van der Waals surface area contributed by atoms with Gasteiger partial charge in [0.15, 0.2) is 0 Å². The number of piperidine rings is 1. The monoisotopic (exact) mass is 349 g/mol. The molecule has 4 rings (SSSR count). The Balaban J connectivity index is 1.32. The highest BCUT2D eigenvalue weighted by Crippen LogP contribution is 2.32. The first-order chi connectivity index (χ1) is 11.5. The summed E-state index contributed by atoms with van der Waals surface area (Å²) in [6.07, 6.45) is 3.43. The van der Waals surface area contributed by atoms with Crippen LogP contribution in [0.4, 0.5) is 0 Å². The van der Waals surface area contributed by atoms with Crippen molar-refractivity contribution >= 4 is 21.1 Å². The molecule has 2 heterocycles. The maximum absolute atomic E-state index is 12.3. The van der Waals surface area contributed by atoms with Crippen molar-refractivity contribution in [2.45, 2.75) is 43.5 Å². The number of hydrogen-bond acceptors (Lipinski definition) is 5. The largest absolute Gasteiger partial charge is 0.310 e. The van der Waals surface area contributed by atoms with E-state index in [1.54, 1.807) is 8.99 Å². The van der Waals surface area contributed by atoms with Crippen molar-refractivity contribution in [1.82, 2.24) is 24.6 Å². The first-order valence-corrected chi connectivity index (χ1v) is 10.0. The summed E-state index contributed by atoms with van der Waals surface area (Å²) in [6.45, 7) is 2.05. The van der Waals surface area contributed by atoms with Crippen LogP contribution < -0.4 is 5.32 Å². The molecule has 2 aromatic rings. The average molecular weight is 349 g/mol. The summed E-state index contributed by atoms with van der Waals surface area (Å²) in [6, 6.07) is 6.55. The van der Waals surface area contributed by atoms with Gasteiger partial charge in [-0.15, -0.1) is 5.10 Å². The van der Waals surface area contributed by atoms with Crippen LogP contribution in [-0.4, -0.2) is 52.1 Å². The molecule has 24 heavy (non-hydrogen) atoms. The van der Waals surface area contributed by atoms with Crippen LogP contribution in [-0.2, 0) is 23.6 Å². The number of nitrogens with one attached hydrogen (secondary N) is 1. The van der Waals surface area contributed by atoms with Crippen LogP contribution in [0.15, 0.2) is 18.2 Å². The maximum atomic E-state index is 12.3. The lowest BCUT2D eigenvalue weighted by Gasteiger charge is -2.31. The molecule has 1 aromatic carbocycles. The first kappa shape index (κ1) is 16.0. The van der Waals surface area contributed by atoms with E-state index in [4.69, 9.17) is 0 Å². The zero-order chi connectivity index (χ0) is 16.7. The number of fused-ring (bicyclic) bond motifs is 1. The zero-order valence-corrected chi connectivity index (χ0v) is 14.7. The fraction of sp³-hybridized carbons (Fsp3) is 0.625. The molecule has 1 saturated heterocycles. The lowest BCUT2D eigenvalue weighted by molar-refractivity contribution is 0.288. The second kappa shape index (κ2) is 6.09. The number of benzene rings is 1. The Morgan fingerprint density at radius 1 is 1.21 bits per heavy atom. The molecule has 1 saturated carbocycles. The second-order valence-electron chi connectivity index (χ2n) is 6.83. The van der Waals surface area contributed by atoms with Crippen molar-refractivity contribution < 1.29 is 8.42 Å². The standard InChI is InChI=1S/C16H23N5O2S/c1-20-16-5-2-12(10-15(16)18-19-20)11-17-13-6-8-21(9-7-13)24(22,23)14-3-4-14/h2,5,10,13-14,17H,3-4,6-9,11H2,1H3. The van der Waals surface area contributed by atoms with Gasteiger partial charge in [-0.25, -0.2) is 17.4 Å². The predicted octanol–water partition coefficient (Wildman–Crippen LogP) is 1.01. The van der Waals surface area contributed by atoms with Gasteiger partial charge < -0.3 is 5.32 Å². The van der Waals surface area contributed by atoms with E-state index >= 15 is 0 Å². The van der Waals surface area contributed by atoms with Crippen LogP contribution in [0.2, 0.25) is 0 Å². The SMILES string of the molecule is Cn1nnc2cc(CNC3CCN(S(=O)(=O)C4CC4)CC3)ccc21. The molecule has 0 unspecified atom stereocenters. The number of aryl methyl sites for hydroxylation is 1. The molecule has 1 aliphatic heterocycles. The first-order valence-electron chi connectivity index (χ1n) is 8.55. The van der Waals surface area contributed by atoms with E-state index in [2.05, 4.69) is 27.8 Å². The van der Waals surface area contributed by atoms with Crippen molar-refractivity contribution in [3.8, 4) is 0 Å². The van der Waals surface area contributed by atoms with Gasteiger partial charge in [0, 0.05) is 32.7 Å². The van der Waals surface area contributed by atoms with E-state index in [1.165, 1.54) is 5.56 Å². The summed E-state index contributed by atoms with van der Waals surface area (Å²) in [4.78, 5) is 0. The molecule has 2 aliphatic rings. The Hall–Kier alpha value is -1.51. The molecule has 1 aliphatic carbocycles. The Bertz CT molecular complexity index is 835. The van der Waals surface area contributed by atoms with Gasteiger partial charge in [-0.3, -0.25) is 0 Å². The smallest absolute Gasteiger partial charge is 0.216 e. The van der Waals surface area contributed by atoms with Gasteiger partial charge in [-0.05, 0) is 43.4 Å². The molecular weight excluding hydrogens is 326 g/mol. The Morgan fingerprint density at radius 2 is 1.96 bits per heavy atom. The van der Waals surface area contributed by atoms with Gasteiger partial charge in [0.25, 0.3) is 0 Å². The summed E-state index contributed by atoms with van der Waals surface area (Å²) in [5, 5.41) is 11.6. The molecule has 0 bridgehead atoms. The van der Waals surface area contributed by atoms with Crippen LogP contribution in [0, 0.1) is 0 Å². The van der Waals surface area contributed by atoms with Gasteiger partial charge >= 0.3 is 0 Å². The average Bonchev–Trinajstić information content (AvgIpc) is 3.39. The summed E-state index contributed by atoms with van der Waals surface area (Å²) >= 11 is 0. The van der Waals surface area contributed by atoms with E-state index in [0.29, 0.717) is 19.1 Å². The van der Waals surface area contributed by atoms with E-state index in [1.807, 2.05) is 13.1 Å². The molecule has 2 fully saturated rings. The number of rotatable bonds is 5. The fourth-order valence-electron chi connectivity index (χ4n) is 3.35. The van der Waals surface area contributed by atoms with Crippen molar-refractivity contribution in [3.05, 3.63) is 23.8 Å². The third-order valence-corrected chi connectivity index (χ3v) is 7.43. The molecular formula is C16H23N5O2S. The molecule has 130 valence electrons. The normalized spacial score (nSPS) is 20.7. The quantitative estimate of drug-likeness (QED) is 0.872. The maximum Gasteiger partial charge on any atom is 0.216 e. The lowest BCUT2D eigenvalue weighted by Crippen LogP contribution is -2.45. The Morgan fingerprint density at radius 3 is 2.67 bits per heavy atom. The number of hydrogen-bond donors (Lipinski definition) is 1. The number of nitrogens with zero attached hydrogens (tertiary/aromatic N) is 4. The van der Waals surface area contributed by atoms with Crippen molar-refractivity contribution in [1.29, 1.82) is 0 Å². The van der Waals surface area contributed by atoms with Crippen LogP contribution in [0.1, 0.15) is 31.2 Å². The van der Waals surface area contributed by atoms with Crippen LogP contribution >= 0.6 is 0 Å². The van der Waals surface area contributed by atoms with Crippen molar-refractivity contribution in [2.24, 2.45) is 7.05 Å². The van der Waals surface area contributed by atoms with E-state index in [-0.39, 0.29) is 5.25 Å². The summed E-state index contributed by atoms with van der Waals surface area (Å²) < 4.78 is 28.0. The van der Waals surface area contributed by atoms with Crippen molar-refractivity contribution in [3.63, 3.8) is 0 Å². The molecule has 7 nitrogen and oxygen atoms in total. The summed E-state index contributed by atoms with van der Waals surface area (Å²) in [5.41, 5.74) is 3.11. The minimum Gasteiger partial charge on any atom is -0.310 e. The molecule has 0 atom stereocenters. The summed E-state index contributed by atoms with van der Waals surface area (Å²) in [7, 11) is -1.13. The van der Waals surface area contributed by atoms with E-state index in [9.17, 15) is 8.42 Å². The number of aromatic nitrogens is 3. The molecule has 0 spiro atoms. The Labute approximate surface area is 142 Å². The molecule has 1 aromatic heterocycles. The van der Waals surface area contributed by atoms with Gasteiger partial charge in [0.1, 0.15) is 5.52 Å². The van der Waals surface area contributed by atoms with Gasteiger partial charge in [0.2, 0.25) is 10.0 Å². The third-order valence-electron chi connectivity index (χ3n) is 5.03. The predicted molar refractivity (Wildman–Crippen MR) is 91.9 cm³/mol. The minimum atomic E-state index is -3.01. The minimum absolute atomic E-state index is 0.0966. The fourth-order valence-corrected chi connectivity index (χ4v) is 5.22. The van der Waals surface area contributed by atoms with E-state index in [0.717, 1.165) is 43.3 Å². The summed E-state index contributed by atoms with van der Waals surface area (Å²) in [5.74, 6) is 0. The van der Waals surface area contributed by atoms with Crippen LogP contribution in [0.5, 0.6) is 0 Å². The second-order valence-corrected chi connectivity index (χ2v) is 9.05. The van der Waals surface area contributed by atoms with Gasteiger partial charge in [-0.1, -0.05) is 11.3 Å². The zero-order valence-electron chi connectivity index (χ0n) is 13.9. The van der Waals surface area contributed by atoms with Gasteiger partial charge in [-0.2, -0.15) is 0 Å².